The Hall–Kier alpha value is -0.303. The van der Waals surface area contributed by atoms with Gasteiger partial charge in [-0.25, -0.2) is 0 Å². The normalized spacial score (nSPS) is 16.1. The topological polar surface area (TPSA) is 152 Å². The summed E-state index contributed by atoms with van der Waals surface area (Å²) in [6, 6.07) is 0.625. The molecule has 4 N–H and O–H groups in total. The second-order valence-corrected chi connectivity index (χ2v) is 20.1. The van der Waals surface area contributed by atoms with Crippen molar-refractivity contribution in [3.05, 3.63) is 0 Å². The van der Waals surface area contributed by atoms with Crippen LogP contribution in [0.2, 0.25) is 6.04 Å². The Labute approximate surface area is 369 Å². The van der Waals surface area contributed by atoms with Gasteiger partial charge in [-0.05, 0) is 69.9 Å². The van der Waals surface area contributed by atoms with Gasteiger partial charge in [0.15, 0.2) is 6.29 Å². The summed E-state index contributed by atoms with van der Waals surface area (Å²) < 4.78 is 40.3. The van der Waals surface area contributed by atoms with Gasteiger partial charge in [-0.3, -0.25) is 9.80 Å². The molecule has 0 heterocycles. The van der Waals surface area contributed by atoms with Crippen LogP contribution in [0, 0.1) is 11.8 Å². The fourth-order valence-electron chi connectivity index (χ4n) is 7.58. The Morgan fingerprint density at radius 1 is 0.467 bits per heavy atom. The zero-order valence-electron chi connectivity index (χ0n) is 40.3. The lowest BCUT2D eigenvalue weighted by atomic mass is 10.0. The standard InChI is InChI=1S/C46H98N2O11Si/c1-10-16-24-40(13-4)35-57-38-43(50)32-47(31-42(49)37-56-29-23-30-60(53-7,54-8)55-9)27-21-19-20-22-28-48(34-46(52)59-45(15-6)26-18-12-3)33-44(51)39-58-36-41(14-5)25-17-11-2/h40-46,49-52H,10-39H2,1-9H3. The first-order valence-corrected chi connectivity index (χ1v) is 26.1. The van der Waals surface area contributed by atoms with Gasteiger partial charge in [-0.1, -0.05) is 106 Å². The van der Waals surface area contributed by atoms with E-state index in [9.17, 15) is 20.4 Å². The van der Waals surface area contributed by atoms with Crippen LogP contribution in [0.25, 0.3) is 0 Å². The monoisotopic (exact) mass is 883 g/mol. The third-order valence-electron chi connectivity index (χ3n) is 11.6. The van der Waals surface area contributed by atoms with E-state index in [-0.39, 0.29) is 25.9 Å². The minimum atomic E-state index is -2.66. The van der Waals surface area contributed by atoms with Crippen molar-refractivity contribution in [3.63, 3.8) is 0 Å². The molecule has 7 unspecified atom stereocenters. The Balaban J connectivity index is 5.29. The molecule has 362 valence electrons. The van der Waals surface area contributed by atoms with Crippen LogP contribution >= 0.6 is 0 Å². The van der Waals surface area contributed by atoms with Crippen LogP contribution in [-0.4, -0.2) is 170 Å². The fourth-order valence-corrected chi connectivity index (χ4v) is 9.27. The summed E-state index contributed by atoms with van der Waals surface area (Å²) in [7, 11) is 2.13. The Kier molecular flexibility index (Phi) is 40.0. The Bertz CT molecular complexity index is 904. The lowest BCUT2D eigenvalue weighted by Gasteiger charge is -2.29. The van der Waals surface area contributed by atoms with Gasteiger partial charge < -0.3 is 52.7 Å². The molecule has 7 atom stereocenters. The summed E-state index contributed by atoms with van der Waals surface area (Å²) in [5.41, 5.74) is 0. The molecule has 0 aliphatic heterocycles. The molecule has 0 radical (unpaired) electrons. The van der Waals surface area contributed by atoms with Crippen LogP contribution in [0.3, 0.4) is 0 Å². The van der Waals surface area contributed by atoms with Gasteiger partial charge in [0.1, 0.15) is 0 Å². The number of hydrogen-bond donors (Lipinski definition) is 4. The second-order valence-electron chi connectivity index (χ2n) is 17.0. The molecule has 0 rings (SSSR count). The molecule has 0 aliphatic carbocycles. The van der Waals surface area contributed by atoms with Gasteiger partial charge in [0.2, 0.25) is 0 Å². The minimum absolute atomic E-state index is 0.0239. The van der Waals surface area contributed by atoms with Crippen LogP contribution in [0.4, 0.5) is 0 Å². The lowest BCUT2D eigenvalue weighted by Crippen LogP contribution is -2.43. The number of hydrogen-bond acceptors (Lipinski definition) is 13. The number of aliphatic hydroxyl groups is 4. The van der Waals surface area contributed by atoms with Crippen molar-refractivity contribution in [2.75, 3.05) is 100 Å². The van der Waals surface area contributed by atoms with Gasteiger partial charge in [0, 0.05) is 73.4 Å². The van der Waals surface area contributed by atoms with E-state index < -0.39 is 33.4 Å². The molecule has 0 amide bonds. The van der Waals surface area contributed by atoms with E-state index in [1.807, 2.05) is 0 Å². The quantitative estimate of drug-likeness (QED) is 0.0276. The number of nitrogens with zero attached hydrogens (tertiary/aromatic N) is 2. The molecule has 0 spiro atoms. The van der Waals surface area contributed by atoms with Gasteiger partial charge in [-0.15, -0.1) is 0 Å². The highest BCUT2D eigenvalue weighted by Gasteiger charge is 2.37. The summed E-state index contributed by atoms with van der Waals surface area (Å²) in [6.45, 7) is 18.6. The number of rotatable bonds is 46. The number of ether oxygens (including phenoxy) is 4. The molecule has 0 aromatic rings. The van der Waals surface area contributed by atoms with Gasteiger partial charge in [0.05, 0.1) is 44.2 Å². The largest absolute Gasteiger partial charge is 0.500 e. The van der Waals surface area contributed by atoms with E-state index in [1.54, 1.807) is 21.3 Å². The molecule has 0 aliphatic rings. The van der Waals surface area contributed by atoms with Crippen molar-refractivity contribution < 1.29 is 52.7 Å². The maximum atomic E-state index is 11.0. The molecule has 0 aromatic carbocycles. The molecule has 14 heteroatoms. The van der Waals surface area contributed by atoms with Gasteiger partial charge in [0.25, 0.3) is 0 Å². The van der Waals surface area contributed by atoms with Gasteiger partial charge in [-0.2, -0.15) is 0 Å². The Morgan fingerprint density at radius 3 is 1.32 bits per heavy atom. The molecule has 13 nitrogen and oxygen atoms in total. The molecule has 0 fully saturated rings. The fraction of sp³-hybridized carbons (Fsp3) is 1.00. The van der Waals surface area contributed by atoms with Crippen molar-refractivity contribution >= 4 is 8.80 Å². The Morgan fingerprint density at radius 2 is 0.900 bits per heavy atom. The molecular weight excluding hydrogens is 785 g/mol. The third kappa shape index (κ3) is 31.5. The van der Waals surface area contributed by atoms with Crippen molar-refractivity contribution in [1.82, 2.24) is 9.80 Å². The number of aliphatic hydroxyl groups excluding tert-OH is 4. The summed E-state index contributed by atoms with van der Waals surface area (Å²) in [5.74, 6) is 1.02. The highest BCUT2D eigenvalue weighted by atomic mass is 28.4. The zero-order chi connectivity index (χ0) is 44.9. The summed E-state index contributed by atoms with van der Waals surface area (Å²) in [4.78, 5) is 4.24. The summed E-state index contributed by atoms with van der Waals surface area (Å²) in [5, 5.41) is 43.9. The minimum Gasteiger partial charge on any atom is -0.389 e. The SMILES string of the molecule is CCCCC(CC)COCC(O)CN(CCCCCCN(CC(O)COCC(CC)CCCC)CC(O)OC(CC)CCCC)CC(O)COCCC[Si](OC)(OC)OC. The number of unbranched alkanes of at least 4 members (excludes halogenated alkanes) is 6. The molecule has 0 saturated carbocycles. The van der Waals surface area contributed by atoms with E-state index in [2.05, 4.69) is 51.3 Å². The molecule has 0 saturated heterocycles. The van der Waals surface area contributed by atoms with Crippen molar-refractivity contribution in [3.8, 4) is 0 Å². The maximum Gasteiger partial charge on any atom is 0.500 e. The first-order chi connectivity index (χ1) is 29.0. The van der Waals surface area contributed by atoms with E-state index in [0.29, 0.717) is 70.3 Å². The maximum absolute atomic E-state index is 11.0. The van der Waals surface area contributed by atoms with Crippen LogP contribution in [0.1, 0.15) is 151 Å². The van der Waals surface area contributed by atoms with Crippen molar-refractivity contribution in [2.24, 2.45) is 11.8 Å². The summed E-state index contributed by atoms with van der Waals surface area (Å²) in [6.07, 6.45) is 14.7. The predicted octanol–water partition coefficient (Wildman–Crippen LogP) is 7.29. The lowest BCUT2D eigenvalue weighted by molar-refractivity contribution is -0.151. The molecule has 0 aromatic heterocycles. The average Bonchev–Trinajstić information content (AvgIpc) is 3.24. The van der Waals surface area contributed by atoms with Crippen molar-refractivity contribution in [2.45, 2.75) is 187 Å². The van der Waals surface area contributed by atoms with Gasteiger partial charge >= 0.3 is 8.80 Å². The van der Waals surface area contributed by atoms with E-state index in [1.165, 1.54) is 25.7 Å². The average molecular weight is 883 g/mol. The van der Waals surface area contributed by atoms with Crippen LogP contribution in [-0.2, 0) is 32.2 Å². The van der Waals surface area contributed by atoms with Crippen LogP contribution in [0.5, 0.6) is 0 Å². The third-order valence-corrected chi connectivity index (χ3v) is 14.5. The van der Waals surface area contributed by atoms with E-state index in [0.717, 1.165) is 90.1 Å². The smallest absolute Gasteiger partial charge is 0.389 e. The first-order valence-electron chi connectivity index (χ1n) is 24.2. The van der Waals surface area contributed by atoms with E-state index >= 15 is 0 Å². The van der Waals surface area contributed by atoms with Crippen LogP contribution < -0.4 is 0 Å². The first kappa shape index (κ1) is 59.7. The zero-order valence-corrected chi connectivity index (χ0v) is 41.3. The van der Waals surface area contributed by atoms with Crippen molar-refractivity contribution in [1.29, 1.82) is 0 Å². The highest BCUT2D eigenvalue weighted by molar-refractivity contribution is 6.60. The summed E-state index contributed by atoms with van der Waals surface area (Å²) >= 11 is 0. The molecular formula is C46H98N2O11Si. The molecule has 60 heavy (non-hydrogen) atoms. The van der Waals surface area contributed by atoms with Crippen LogP contribution in [0.15, 0.2) is 0 Å². The second kappa shape index (κ2) is 40.2. The molecule has 0 bridgehead atoms. The highest BCUT2D eigenvalue weighted by Crippen LogP contribution is 2.17. The predicted molar refractivity (Wildman–Crippen MR) is 245 cm³/mol. The van der Waals surface area contributed by atoms with E-state index in [4.69, 9.17) is 32.2 Å².